The zero-order chi connectivity index (χ0) is 27.8. The standard InChI is InChI=1S/C27H25N5O5S2/c1-3-31-26-25(19(2)30-31)29-24(18-28-27(26)33)20-14-16-21(17-15-20)32(38(34,35)22-10-6-4-7-11-22)39(36,37)23-12-8-5-9-13-23/h4-17H,3,18H2,1-2H3,(H,28,33). The monoisotopic (exact) mass is 563 g/mol. The minimum absolute atomic E-state index is 0.0691. The fraction of sp³-hybridized carbons (Fsp3) is 0.148. The van der Waals surface area contributed by atoms with Crippen LogP contribution in [0.3, 0.4) is 0 Å². The van der Waals surface area contributed by atoms with E-state index < -0.39 is 20.0 Å². The first kappa shape index (κ1) is 26.3. The van der Waals surface area contributed by atoms with Crippen LogP contribution in [0.5, 0.6) is 0 Å². The Balaban J connectivity index is 1.60. The molecule has 0 fully saturated rings. The molecule has 0 atom stereocenters. The molecule has 0 unspecified atom stereocenters. The number of amides is 1. The van der Waals surface area contributed by atoms with Crippen molar-refractivity contribution in [2.45, 2.75) is 30.2 Å². The number of hydrogen-bond donors (Lipinski definition) is 1. The topological polar surface area (TPSA) is 131 Å². The fourth-order valence-corrected chi connectivity index (χ4v) is 8.04. The Bertz CT molecular complexity index is 1710. The first-order valence-electron chi connectivity index (χ1n) is 12.1. The van der Waals surface area contributed by atoms with E-state index >= 15 is 0 Å². The Morgan fingerprint density at radius 2 is 1.38 bits per heavy atom. The van der Waals surface area contributed by atoms with Crippen molar-refractivity contribution in [3.63, 3.8) is 0 Å². The van der Waals surface area contributed by atoms with Gasteiger partial charge in [0, 0.05) is 6.54 Å². The van der Waals surface area contributed by atoms with Crippen LogP contribution in [0.15, 0.2) is 99.7 Å². The maximum atomic E-state index is 13.7. The van der Waals surface area contributed by atoms with E-state index in [0.717, 1.165) is 0 Å². The zero-order valence-electron chi connectivity index (χ0n) is 21.1. The maximum Gasteiger partial charge on any atom is 0.277 e. The fourth-order valence-electron chi connectivity index (χ4n) is 4.31. The van der Waals surface area contributed by atoms with Crippen LogP contribution in [0.4, 0.5) is 11.4 Å². The zero-order valence-corrected chi connectivity index (χ0v) is 22.8. The van der Waals surface area contributed by atoms with Gasteiger partial charge < -0.3 is 5.32 Å². The van der Waals surface area contributed by atoms with Gasteiger partial charge in [-0.3, -0.25) is 9.48 Å². The maximum absolute atomic E-state index is 13.7. The number of benzene rings is 3. The number of aromatic nitrogens is 2. The lowest BCUT2D eigenvalue weighted by Crippen LogP contribution is -2.37. The second-order valence-corrected chi connectivity index (χ2v) is 12.5. The molecule has 0 radical (unpaired) electrons. The molecule has 1 N–H and O–H groups in total. The number of aryl methyl sites for hydroxylation is 2. The molecule has 10 nitrogen and oxygen atoms in total. The van der Waals surface area contributed by atoms with Gasteiger partial charge in [-0.25, -0.2) is 21.8 Å². The molecule has 39 heavy (non-hydrogen) atoms. The van der Waals surface area contributed by atoms with Crippen LogP contribution in [-0.2, 0) is 26.6 Å². The van der Waals surface area contributed by atoms with Crippen LogP contribution in [0.25, 0.3) is 0 Å². The SMILES string of the molecule is CCn1nc(C)c2c1C(=O)NCC(c1ccc(N(S(=O)(=O)c3ccccc3)S(=O)(=O)c3ccccc3)cc1)=N2. The highest BCUT2D eigenvalue weighted by atomic mass is 32.3. The number of carbonyl (C=O) groups excluding carboxylic acids is 1. The van der Waals surface area contributed by atoms with Crippen molar-refractivity contribution in [3.05, 3.63) is 102 Å². The summed E-state index contributed by atoms with van der Waals surface area (Å²) in [4.78, 5) is 17.1. The quantitative estimate of drug-likeness (QED) is 0.365. The summed E-state index contributed by atoms with van der Waals surface area (Å²) in [5, 5.41) is 7.22. The van der Waals surface area contributed by atoms with Crippen molar-refractivity contribution in [2.24, 2.45) is 4.99 Å². The van der Waals surface area contributed by atoms with E-state index in [0.29, 0.717) is 38.6 Å². The van der Waals surface area contributed by atoms with Crippen LogP contribution in [0.2, 0.25) is 0 Å². The van der Waals surface area contributed by atoms with E-state index in [-0.39, 0.29) is 27.9 Å². The van der Waals surface area contributed by atoms with Gasteiger partial charge in [0.15, 0.2) is 5.69 Å². The van der Waals surface area contributed by atoms with Gasteiger partial charge in [-0.15, -0.1) is 0 Å². The average molecular weight is 564 g/mol. The van der Waals surface area contributed by atoms with Gasteiger partial charge in [-0.05, 0) is 55.8 Å². The van der Waals surface area contributed by atoms with E-state index in [1.54, 1.807) is 35.9 Å². The lowest BCUT2D eigenvalue weighted by Gasteiger charge is -2.24. The molecule has 1 aliphatic rings. The predicted octanol–water partition coefficient (Wildman–Crippen LogP) is 3.66. The lowest BCUT2D eigenvalue weighted by molar-refractivity contribution is 0.0950. The highest BCUT2D eigenvalue weighted by Gasteiger charge is 2.37. The Morgan fingerprint density at radius 3 is 1.90 bits per heavy atom. The van der Waals surface area contributed by atoms with Gasteiger partial charge in [0.25, 0.3) is 26.0 Å². The van der Waals surface area contributed by atoms with Gasteiger partial charge in [0.1, 0.15) is 5.69 Å². The summed E-state index contributed by atoms with van der Waals surface area (Å²) in [6.45, 7) is 4.29. The van der Waals surface area contributed by atoms with Crippen LogP contribution >= 0.6 is 0 Å². The normalized spacial score (nSPS) is 13.7. The molecule has 0 aliphatic carbocycles. The van der Waals surface area contributed by atoms with E-state index in [2.05, 4.69) is 10.4 Å². The first-order chi connectivity index (χ1) is 18.6. The molecule has 4 aromatic rings. The van der Waals surface area contributed by atoms with Crippen molar-refractivity contribution in [2.75, 3.05) is 10.3 Å². The molecular weight excluding hydrogens is 538 g/mol. The highest BCUT2D eigenvalue weighted by molar-refractivity contribution is 8.10. The minimum Gasteiger partial charge on any atom is -0.345 e. The molecule has 200 valence electrons. The second-order valence-electron chi connectivity index (χ2n) is 8.72. The van der Waals surface area contributed by atoms with Gasteiger partial charge in [-0.1, -0.05) is 48.5 Å². The summed E-state index contributed by atoms with van der Waals surface area (Å²) < 4.78 is 56.8. The second kappa shape index (κ2) is 10.1. The number of anilines is 1. The molecule has 5 rings (SSSR count). The summed E-state index contributed by atoms with van der Waals surface area (Å²) in [6, 6.07) is 20.8. The third-order valence-corrected chi connectivity index (χ3v) is 10.4. The minimum atomic E-state index is -4.51. The Morgan fingerprint density at radius 1 is 0.846 bits per heavy atom. The summed E-state index contributed by atoms with van der Waals surface area (Å²) in [6.07, 6.45) is 0. The molecule has 0 spiro atoms. The van der Waals surface area contributed by atoms with Gasteiger partial charge in [0.2, 0.25) is 0 Å². The van der Waals surface area contributed by atoms with E-state index in [9.17, 15) is 21.6 Å². The van der Waals surface area contributed by atoms with Crippen LogP contribution in [0.1, 0.15) is 28.7 Å². The Labute approximate surface area is 226 Å². The highest BCUT2D eigenvalue weighted by Crippen LogP contribution is 2.32. The van der Waals surface area contributed by atoms with Crippen LogP contribution in [-0.4, -0.2) is 44.8 Å². The molecule has 1 aliphatic heterocycles. The molecule has 0 bridgehead atoms. The Kier molecular flexibility index (Phi) is 6.83. The van der Waals surface area contributed by atoms with Crippen molar-refractivity contribution in [1.29, 1.82) is 0 Å². The molecule has 3 aromatic carbocycles. The number of sulfonamides is 2. The molecule has 1 amide bonds. The summed E-state index contributed by atoms with van der Waals surface area (Å²) >= 11 is 0. The lowest BCUT2D eigenvalue weighted by atomic mass is 10.1. The third-order valence-electron chi connectivity index (χ3n) is 6.20. The number of rotatable bonds is 7. The molecule has 0 saturated heterocycles. The summed E-state index contributed by atoms with van der Waals surface area (Å²) in [5.74, 6) is -0.295. The number of fused-ring (bicyclic) bond motifs is 1. The number of aliphatic imine (C=N–C) groups is 1. The van der Waals surface area contributed by atoms with Crippen molar-refractivity contribution < 1.29 is 21.6 Å². The number of hydrogen-bond acceptors (Lipinski definition) is 7. The van der Waals surface area contributed by atoms with Crippen LogP contribution in [0, 0.1) is 6.92 Å². The van der Waals surface area contributed by atoms with Gasteiger partial charge >= 0.3 is 0 Å². The molecule has 0 saturated carbocycles. The van der Waals surface area contributed by atoms with E-state index in [4.69, 9.17) is 4.99 Å². The summed E-state index contributed by atoms with van der Waals surface area (Å²) in [5.41, 5.74) is 2.48. The van der Waals surface area contributed by atoms with Crippen molar-refractivity contribution in [3.8, 4) is 0 Å². The molecule has 12 heteroatoms. The smallest absolute Gasteiger partial charge is 0.277 e. The van der Waals surface area contributed by atoms with Crippen LogP contribution < -0.4 is 9.03 Å². The van der Waals surface area contributed by atoms with Crippen molar-refractivity contribution >= 4 is 43.0 Å². The third kappa shape index (κ3) is 4.72. The largest absolute Gasteiger partial charge is 0.345 e. The molecule has 2 heterocycles. The van der Waals surface area contributed by atoms with Gasteiger partial charge in [-0.2, -0.15) is 8.81 Å². The van der Waals surface area contributed by atoms with E-state index in [1.165, 1.54) is 60.7 Å². The Hall–Kier alpha value is -4.29. The molecular formula is C27H25N5O5S2. The average Bonchev–Trinajstić information content (AvgIpc) is 3.15. The predicted molar refractivity (Wildman–Crippen MR) is 147 cm³/mol. The number of nitrogens with one attached hydrogen (secondary N) is 1. The summed E-state index contributed by atoms with van der Waals surface area (Å²) in [7, 11) is -9.02. The van der Waals surface area contributed by atoms with Crippen molar-refractivity contribution in [1.82, 2.24) is 15.1 Å². The van der Waals surface area contributed by atoms with E-state index in [1.807, 2.05) is 6.92 Å². The number of carbonyl (C=O) groups is 1. The first-order valence-corrected chi connectivity index (χ1v) is 15.0. The number of nitrogens with zero attached hydrogens (tertiary/aromatic N) is 4. The molecule has 1 aromatic heterocycles. The van der Waals surface area contributed by atoms with Gasteiger partial charge in [0.05, 0.1) is 33.4 Å².